The van der Waals surface area contributed by atoms with E-state index in [0.717, 1.165) is 0 Å². The number of nitrogens with two attached hydrogens (primary N) is 1. The molecule has 14 heteroatoms. The fourth-order valence-corrected chi connectivity index (χ4v) is 7.46. The minimum absolute atomic E-state index is 0.173. The van der Waals surface area contributed by atoms with Gasteiger partial charge in [0.1, 0.15) is 40.6 Å². The van der Waals surface area contributed by atoms with E-state index in [9.17, 15) is 44.4 Å². The van der Waals surface area contributed by atoms with Crippen molar-refractivity contribution in [2.45, 2.75) is 75.8 Å². The van der Waals surface area contributed by atoms with Crippen LogP contribution in [0.1, 0.15) is 62.4 Å². The molecule has 6 N–H and O–H groups in total. The standard InChI is InChI=1S/C32H39N3O11/c1-13-14-9-7-11-16(36)18(14)23(37)19-17(13)25(45-29(42)15-10-8-12-35(15)30(43)46-31(2,3)4)21-22(34(5)6)24(38)20(28(33)41)27(40)32(21,44)26(19)39/h7,9,11,13,15,17,21-22,25,36,38-39,44H,8,10,12H2,1-6H3,(H2,33,41). The number of likely N-dealkylation sites (tertiary alicyclic amines) is 1. The van der Waals surface area contributed by atoms with Gasteiger partial charge in [0.05, 0.1) is 17.5 Å². The number of aliphatic hydroxyl groups is 3. The van der Waals surface area contributed by atoms with Gasteiger partial charge in [0.25, 0.3) is 5.91 Å². The van der Waals surface area contributed by atoms with E-state index >= 15 is 0 Å². The number of likely N-dealkylation sites (N-methyl/N-ethyl adjacent to an activating group) is 1. The zero-order chi connectivity index (χ0) is 34.2. The number of hydrogen-bond acceptors (Lipinski definition) is 12. The van der Waals surface area contributed by atoms with Crippen LogP contribution in [0.4, 0.5) is 4.79 Å². The van der Waals surface area contributed by atoms with E-state index in [4.69, 9.17) is 15.2 Å². The highest BCUT2D eigenvalue weighted by Crippen LogP contribution is 2.56. The Bertz CT molecular complexity index is 1610. The summed E-state index contributed by atoms with van der Waals surface area (Å²) in [7, 11) is 2.93. The summed E-state index contributed by atoms with van der Waals surface area (Å²) in [6.45, 7) is 6.88. The molecule has 7 atom stereocenters. The van der Waals surface area contributed by atoms with Crippen LogP contribution < -0.4 is 5.73 Å². The second-order valence-electron chi connectivity index (χ2n) is 13.5. The van der Waals surface area contributed by atoms with Crippen molar-refractivity contribution in [1.82, 2.24) is 9.80 Å². The highest BCUT2D eigenvalue weighted by atomic mass is 16.6. The third kappa shape index (κ3) is 4.81. The van der Waals surface area contributed by atoms with Gasteiger partial charge in [0.2, 0.25) is 5.78 Å². The number of aliphatic hydroxyl groups excluding tert-OH is 2. The van der Waals surface area contributed by atoms with Crippen molar-refractivity contribution >= 4 is 29.5 Å². The number of fused-ring (bicyclic) bond motifs is 3. The lowest BCUT2D eigenvalue weighted by atomic mass is 9.55. The molecule has 0 saturated carbocycles. The van der Waals surface area contributed by atoms with Crippen LogP contribution in [0.3, 0.4) is 0 Å². The molecule has 46 heavy (non-hydrogen) atoms. The number of ether oxygens (including phenoxy) is 2. The fourth-order valence-electron chi connectivity index (χ4n) is 7.46. The molecule has 1 aromatic rings. The second kappa shape index (κ2) is 11.1. The maximum Gasteiger partial charge on any atom is 0.411 e. The van der Waals surface area contributed by atoms with Gasteiger partial charge in [-0.3, -0.25) is 24.2 Å². The molecule has 1 saturated heterocycles. The lowest BCUT2D eigenvalue weighted by Crippen LogP contribution is -2.69. The molecule has 248 valence electrons. The molecule has 4 aliphatic rings. The van der Waals surface area contributed by atoms with E-state index in [1.54, 1.807) is 33.8 Å². The van der Waals surface area contributed by atoms with Gasteiger partial charge in [-0.25, -0.2) is 9.59 Å². The number of rotatable bonds is 4. The number of carbonyl (C=O) groups is 5. The summed E-state index contributed by atoms with van der Waals surface area (Å²) in [4.78, 5) is 70.0. The van der Waals surface area contributed by atoms with Crippen molar-refractivity contribution < 1.29 is 53.9 Å². The Kier molecular flexibility index (Phi) is 7.97. The van der Waals surface area contributed by atoms with Crippen LogP contribution in [0.25, 0.3) is 0 Å². The molecule has 5 rings (SSSR count). The van der Waals surface area contributed by atoms with Crippen LogP contribution in [0, 0.1) is 11.8 Å². The molecule has 1 aliphatic heterocycles. The molecule has 0 radical (unpaired) electrons. The van der Waals surface area contributed by atoms with Gasteiger partial charge in [-0.1, -0.05) is 19.1 Å². The number of nitrogens with zero attached hydrogens (tertiary/aromatic N) is 2. The predicted molar refractivity (Wildman–Crippen MR) is 160 cm³/mol. The van der Waals surface area contributed by atoms with Gasteiger partial charge in [-0.05, 0) is 65.3 Å². The summed E-state index contributed by atoms with van der Waals surface area (Å²) in [5, 5.41) is 45.9. The second-order valence-corrected chi connectivity index (χ2v) is 13.5. The Labute approximate surface area is 265 Å². The lowest BCUT2D eigenvalue weighted by molar-refractivity contribution is -0.183. The summed E-state index contributed by atoms with van der Waals surface area (Å²) >= 11 is 0. The van der Waals surface area contributed by atoms with E-state index in [1.807, 2.05) is 0 Å². The van der Waals surface area contributed by atoms with Gasteiger partial charge < -0.3 is 35.6 Å². The number of phenols is 1. The first kappa shape index (κ1) is 32.9. The maximum atomic E-state index is 14.0. The molecule has 0 bridgehead atoms. The average molecular weight is 642 g/mol. The summed E-state index contributed by atoms with van der Waals surface area (Å²) in [6, 6.07) is 1.82. The molecular weight excluding hydrogens is 602 g/mol. The number of amides is 2. The molecule has 1 fully saturated rings. The van der Waals surface area contributed by atoms with Crippen molar-refractivity contribution in [2.75, 3.05) is 20.6 Å². The molecule has 7 unspecified atom stereocenters. The van der Waals surface area contributed by atoms with E-state index in [1.165, 1.54) is 36.0 Å². The number of phenolic OH excluding ortho intramolecular Hbond substituents is 1. The maximum absolute atomic E-state index is 14.0. The number of esters is 1. The highest BCUT2D eigenvalue weighted by molar-refractivity contribution is 6.25. The Balaban J connectivity index is 1.71. The highest BCUT2D eigenvalue weighted by Gasteiger charge is 2.68. The van der Waals surface area contributed by atoms with Gasteiger partial charge >= 0.3 is 12.1 Å². The van der Waals surface area contributed by atoms with E-state index in [2.05, 4.69) is 0 Å². The minimum atomic E-state index is -3.07. The molecule has 0 spiro atoms. The van der Waals surface area contributed by atoms with Crippen molar-refractivity contribution in [1.29, 1.82) is 0 Å². The summed E-state index contributed by atoms with van der Waals surface area (Å²) in [5.74, 6) is -10.7. The average Bonchev–Trinajstić information content (AvgIpc) is 3.44. The Morgan fingerprint density at radius 3 is 2.35 bits per heavy atom. The lowest BCUT2D eigenvalue weighted by Gasteiger charge is -2.54. The normalized spacial score (nSPS) is 31.0. The molecule has 2 amide bonds. The quantitative estimate of drug-likeness (QED) is 0.234. The molecule has 14 nitrogen and oxygen atoms in total. The van der Waals surface area contributed by atoms with Crippen molar-refractivity contribution in [2.24, 2.45) is 17.6 Å². The summed E-state index contributed by atoms with van der Waals surface area (Å²) in [6.07, 6.45) is -1.69. The van der Waals surface area contributed by atoms with Crippen molar-refractivity contribution in [3.05, 3.63) is 52.0 Å². The SMILES string of the molecule is CC1c2cccc(O)c2C(=O)C2=C(O)C3(O)C(=O)C(C(N)=O)=C(O)C(N(C)C)C3C(OC(=O)C3CCCN3C(=O)OC(C)(C)C)C21. The van der Waals surface area contributed by atoms with Crippen LogP contribution in [-0.4, -0.2) is 110 Å². The Hall–Kier alpha value is -4.43. The number of ketones is 2. The first-order valence-electron chi connectivity index (χ1n) is 15.0. The molecular formula is C32H39N3O11. The van der Waals surface area contributed by atoms with E-state index < -0.39 is 105 Å². The first-order valence-corrected chi connectivity index (χ1v) is 15.0. The largest absolute Gasteiger partial charge is 0.510 e. The van der Waals surface area contributed by atoms with Crippen LogP contribution in [-0.2, 0) is 23.9 Å². The van der Waals surface area contributed by atoms with Gasteiger partial charge in [-0.15, -0.1) is 0 Å². The number of aromatic hydroxyl groups is 1. The van der Waals surface area contributed by atoms with Gasteiger partial charge in [0, 0.05) is 18.0 Å². The molecule has 0 aromatic heterocycles. The van der Waals surface area contributed by atoms with Crippen molar-refractivity contribution in [3.8, 4) is 5.75 Å². The van der Waals surface area contributed by atoms with Gasteiger partial charge in [0.15, 0.2) is 11.4 Å². The zero-order valence-corrected chi connectivity index (χ0v) is 26.4. The zero-order valence-electron chi connectivity index (χ0n) is 26.4. The number of hydrogen-bond donors (Lipinski definition) is 5. The molecule has 3 aliphatic carbocycles. The topological polar surface area (TPSA) is 217 Å². The number of carbonyl (C=O) groups excluding carboxylic acids is 5. The molecule has 1 heterocycles. The van der Waals surface area contributed by atoms with E-state index in [0.29, 0.717) is 12.0 Å². The van der Waals surface area contributed by atoms with Gasteiger partial charge in [-0.2, -0.15) is 0 Å². The number of Topliss-reactive ketones (excluding diaryl/α,β-unsaturated/α-hetero) is 2. The van der Waals surface area contributed by atoms with Crippen molar-refractivity contribution in [3.63, 3.8) is 0 Å². The summed E-state index contributed by atoms with van der Waals surface area (Å²) in [5.41, 5.74) is 0.223. The van der Waals surface area contributed by atoms with Crippen LogP contribution >= 0.6 is 0 Å². The molecule has 1 aromatic carbocycles. The van der Waals surface area contributed by atoms with Crippen LogP contribution in [0.15, 0.2) is 40.9 Å². The first-order chi connectivity index (χ1) is 21.3. The monoisotopic (exact) mass is 641 g/mol. The summed E-state index contributed by atoms with van der Waals surface area (Å²) < 4.78 is 11.6. The Morgan fingerprint density at radius 1 is 1.11 bits per heavy atom. The fraction of sp³-hybridized carbons (Fsp3) is 0.531. The Morgan fingerprint density at radius 2 is 1.76 bits per heavy atom. The van der Waals surface area contributed by atoms with Crippen LogP contribution in [0.2, 0.25) is 0 Å². The third-order valence-electron chi connectivity index (χ3n) is 9.37. The number of benzene rings is 1. The minimum Gasteiger partial charge on any atom is -0.510 e. The smallest absolute Gasteiger partial charge is 0.411 e. The number of primary amides is 1. The van der Waals surface area contributed by atoms with Crippen LogP contribution in [0.5, 0.6) is 5.75 Å². The predicted octanol–water partition coefficient (Wildman–Crippen LogP) is 1.60. The third-order valence-corrected chi connectivity index (χ3v) is 9.37. The van der Waals surface area contributed by atoms with E-state index in [-0.39, 0.29) is 18.5 Å².